The van der Waals surface area contributed by atoms with Crippen molar-refractivity contribution in [3.8, 4) is 0 Å². The first-order chi connectivity index (χ1) is 8.06. The minimum atomic E-state index is -0.878. The van der Waals surface area contributed by atoms with Crippen LogP contribution >= 0.6 is 0 Å². The second-order valence-corrected chi connectivity index (χ2v) is 4.10. The maximum Gasteiger partial charge on any atom is 0.233 e. The predicted molar refractivity (Wildman–Crippen MR) is 61.4 cm³/mol. The number of carbonyl (C=O) groups excluding carboxylic acids is 2. The zero-order valence-corrected chi connectivity index (χ0v) is 9.82. The molecule has 0 unspecified atom stereocenters. The van der Waals surface area contributed by atoms with Gasteiger partial charge in [0.1, 0.15) is 5.41 Å². The zero-order chi connectivity index (χ0) is 12.9. The van der Waals surface area contributed by atoms with Crippen molar-refractivity contribution in [2.75, 3.05) is 13.6 Å². The molecule has 7 heteroatoms. The van der Waals surface area contributed by atoms with Crippen LogP contribution in [-0.4, -0.2) is 36.4 Å². The summed E-state index contributed by atoms with van der Waals surface area (Å²) >= 11 is 0. The number of amidine groups is 1. The fraction of sp³-hybridized carbons (Fsp3) is 0.700. The Hall–Kier alpha value is -1.79. The normalized spacial score (nSPS) is 18.1. The number of rotatable bonds is 5. The monoisotopic (exact) mass is 242 g/mol. The Labute approximate surface area is 99.4 Å². The maximum atomic E-state index is 11.9. The van der Waals surface area contributed by atoms with Gasteiger partial charge < -0.3 is 21.6 Å². The van der Waals surface area contributed by atoms with Gasteiger partial charge in [-0.2, -0.15) is 0 Å². The molecule has 1 fully saturated rings. The van der Waals surface area contributed by atoms with Gasteiger partial charge in [-0.25, -0.2) is 0 Å². The topological polar surface area (TPSA) is 117 Å². The fourth-order valence-electron chi connectivity index (χ4n) is 1.81. The van der Waals surface area contributed by atoms with E-state index in [2.05, 4.69) is 15.8 Å². The Morgan fingerprint density at radius 3 is 2.53 bits per heavy atom. The SMILES string of the molecule is CNC(=O)CCNC(=O)C1(C(N)=NO)CCC1. The average Bonchev–Trinajstić information content (AvgIpc) is 2.26. The maximum absolute atomic E-state index is 11.9. The van der Waals surface area contributed by atoms with Crippen LogP contribution in [0.5, 0.6) is 0 Å². The molecular weight excluding hydrogens is 224 g/mol. The van der Waals surface area contributed by atoms with Crippen molar-refractivity contribution in [1.29, 1.82) is 0 Å². The van der Waals surface area contributed by atoms with Crippen LogP contribution in [0.1, 0.15) is 25.7 Å². The molecule has 0 aromatic carbocycles. The van der Waals surface area contributed by atoms with E-state index < -0.39 is 5.41 Å². The Morgan fingerprint density at radius 1 is 1.47 bits per heavy atom. The van der Waals surface area contributed by atoms with Crippen molar-refractivity contribution >= 4 is 17.6 Å². The van der Waals surface area contributed by atoms with Crippen LogP contribution in [0.2, 0.25) is 0 Å². The van der Waals surface area contributed by atoms with E-state index in [-0.39, 0.29) is 30.6 Å². The van der Waals surface area contributed by atoms with Gasteiger partial charge in [0.25, 0.3) is 0 Å². The molecule has 0 saturated heterocycles. The predicted octanol–water partition coefficient (Wildman–Crippen LogP) is -0.845. The molecule has 96 valence electrons. The van der Waals surface area contributed by atoms with Crippen LogP contribution in [-0.2, 0) is 9.59 Å². The van der Waals surface area contributed by atoms with Crippen LogP contribution in [0, 0.1) is 5.41 Å². The van der Waals surface area contributed by atoms with E-state index in [9.17, 15) is 9.59 Å². The lowest BCUT2D eigenvalue weighted by Gasteiger charge is -2.38. The number of carbonyl (C=O) groups is 2. The van der Waals surface area contributed by atoms with Crippen molar-refractivity contribution in [3.63, 3.8) is 0 Å². The number of nitrogens with one attached hydrogen (secondary N) is 2. The lowest BCUT2D eigenvalue weighted by molar-refractivity contribution is -0.131. The van der Waals surface area contributed by atoms with Gasteiger partial charge in [-0.05, 0) is 12.8 Å². The first kappa shape index (κ1) is 13.3. The second kappa shape index (κ2) is 5.51. The van der Waals surface area contributed by atoms with Crippen LogP contribution in [0.15, 0.2) is 5.16 Å². The molecule has 17 heavy (non-hydrogen) atoms. The molecule has 0 heterocycles. The summed E-state index contributed by atoms with van der Waals surface area (Å²) in [5.74, 6) is -0.471. The molecule has 1 aliphatic rings. The van der Waals surface area contributed by atoms with Crippen LogP contribution in [0.3, 0.4) is 0 Å². The van der Waals surface area contributed by atoms with Crippen molar-refractivity contribution in [1.82, 2.24) is 10.6 Å². The minimum Gasteiger partial charge on any atom is -0.409 e. The average molecular weight is 242 g/mol. The highest BCUT2D eigenvalue weighted by molar-refractivity contribution is 6.07. The Kier molecular flexibility index (Phi) is 4.30. The third-order valence-corrected chi connectivity index (χ3v) is 3.16. The third kappa shape index (κ3) is 2.66. The molecule has 0 spiro atoms. The lowest BCUT2D eigenvalue weighted by Crippen LogP contribution is -2.54. The summed E-state index contributed by atoms with van der Waals surface area (Å²) in [6, 6.07) is 0. The zero-order valence-electron chi connectivity index (χ0n) is 9.82. The van der Waals surface area contributed by atoms with Gasteiger partial charge in [0.2, 0.25) is 11.8 Å². The minimum absolute atomic E-state index is 0.0545. The molecule has 5 N–H and O–H groups in total. The van der Waals surface area contributed by atoms with E-state index in [4.69, 9.17) is 10.9 Å². The van der Waals surface area contributed by atoms with Gasteiger partial charge in [0.05, 0.1) is 0 Å². The molecule has 1 aliphatic carbocycles. The van der Waals surface area contributed by atoms with Gasteiger partial charge in [0, 0.05) is 20.0 Å². The third-order valence-electron chi connectivity index (χ3n) is 3.16. The Balaban J connectivity index is 2.48. The van der Waals surface area contributed by atoms with E-state index in [1.165, 1.54) is 7.05 Å². The molecule has 0 aromatic rings. The number of hydrogen-bond donors (Lipinski definition) is 4. The molecule has 0 bridgehead atoms. The molecule has 0 aromatic heterocycles. The van der Waals surface area contributed by atoms with Crippen LogP contribution in [0.4, 0.5) is 0 Å². The number of nitrogens with two attached hydrogens (primary N) is 1. The first-order valence-electron chi connectivity index (χ1n) is 5.53. The van der Waals surface area contributed by atoms with Gasteiger partial charge in [-0.15, -0.1) is 0 Å². The number of oxime groups is 1. The highest BCUT2D eigenvalue weighted by atomic mass is 16.4. The van der Waals surface area contributed by atoms with Gasteiger partial charge in [-0.1, -0.05) is 11.6 Å². The Bertz CT molecular complexity index is 336. The molecular formula is C10H18N4O3. The highest BCUT2D eigenvalue weighted by Gasteiger charge is 2.48. The molecule has 2 amide bonds. The summed E-state index contributed by atoms with van der Waals surface area (Å²) in [4.78, 5) is 22.9. The number of hydrogen-bond acceptors (Lipinski definition) is 4. The molecule has 0 aliphatic heterocycles. The van der Waals surface area contributed by atoms with Gasteiger partial charge >= 0.3 is 0 Å². The van der Waals surface area contributed by atoms with E-state index in [1.807, 2.05) is 0 Å². The molecule has 0 radical (unpaired) electrons. The lowest BCUT2D eigenvalue weighted by atomic mass is 9.67. The van der Waals surface area contributed by atoms with Crippen molar-refractivity contribution in [3.05, 3.63) is 0 Å². The molecule has 7 nitrogen and oxygen atoms in total. The summed E-state index contributed by atoms with van der Waals surface area (Å²) in [6.45, 7) is 0.249. The standard InChI is InChI=1S/C10H18N4O3/c1-12-7(15)3-6-13-9(16)10(4-2-5-10)8(11)14-17/h17H,2-6H2,1H3,(H2,11,14)(H,12,15)(H,13,16). The summed E-state index contributed by atoms with van der Waals surface area (Å²) in [7, 11) is 1.54. The highest BCUT2D eigenvalue weighted by Crippen LogP contribution is 2.41. The van der Waals surface area contributed by atoms with Crippen molar-refractivity contribution in [2.24, 2.45) is 16.3 Å². The largest absolute Gasteiger partial charge is 0.409 e. The van der Waals surface area contributed by atoms with Crippen LogP contribution in [0.25, 0.3) is 0 Å². The summed E-state index contributed by atoms with van der Waals surface area (Å²) in [5, 5.41) is 16.7. The summed E-state index contributed by atoms with van der Waals surface area (Å²) in [5.41, 5.74) is 4.65. The Morgan fingerprint density at radius 2 is 2.12 bits per heavy atom. The molecule has 0 atom stereocenters. The fourth-order valence-corrected chi connectivity index (χ4v) is 1.81. The van der Waals surface area contributed by atoms with Crippen LogP contribution < -0.4 is 16.4 Å². The number of amides is 2. The summed E-state index contributed by atoms with van der Waals surface area (Å²) < 4.78 is 0. The second-order valence-electron chi connectivity index (χ2n) is 4.10. The van der Waals surface area contributed by atoms with E-state index in [0.717, 1.165) is 6.42 Å². The van der Waals surface area contributed by atoms with Gasteiger partial charge in [-0.3, -0.25) is 9.59 Å². The van der Waals surface area contributed by atoms with Crippen molar-refractivity contribution in [2.45, 2.75) is 25.7 Å². The smallest absolute Gasteiger partial charge is 0.233 e. The van der Waals surface area contributed by atoms with Crippen molar-refractivity contribution < 1.29 is 14.8 Å². The molecule has 1 saturated carbocycles. The molecule has 1 rings (SSSR count). The van der Waals surface area contributed by atoms with E-state index in [1.54, 1.807) is 0 Å². The van der Waals surface area contributed by atoms with E-state index in [0.29, 0.717) is 12.8 Å². The van der Waals surface area contributed by atoms with Gasteiger partial charge in [0.15, 0.2) is 5.84 Å². The summed E-state index contributed by atoms with van der Waals surface area (Å²) in [6.07, 6.45) is 2.25. The van der Waals surface area contributed by atoms with E-state index >= 15 is 0 Å². The number of nitrogens with zero attached hydrogens (tertiary/aromatic N) is 1. The first-order valence-corrected chi connectivity index (χ1v) is 5.53. The quantitative estimate of drug-likeness (QED) is 0.217.